The lowest BCUT2D eigenvalue weighted by atomic mass is 9.90. The molecule has 0 radical (unpaired) electrons. The van der Waals surface area contributed by atoms with Crippen molar-refractivity contribution in [1.82, 2.24) is 10.2 Å². The summed E-state index contributed by atoms with van der Waals surface area (Å²) in [4.78, 5) is 28.7. The van der Waals surface area contributed by atoms with Crippen LogP contribution in [0.3, 0.4) is 0 Å². The number of amides is 2. The number of anilines is 1. The van der Waals surface area contributed by atoms with E-state index in [4.69, 9.17) is 11.2 Å². The molecule has 0 aromatic heterocycles. The zero-order valence-corrected chi connectivity index (χ0v) is 20.9. The van der Waals surface area contributed by atoms with E-state index in [9.17, 15) is 27.2 Å². The second-order valence-corrected chi connectivity index (χ2v) is 9.58. The third-order valence-corrected chi connectivity index (χ3v) is 6.98. The van der Waals surface area contributed by atoms with Gasteiger partial charge in [0.15, 0.2) is 0 Å². The van der Waals surface area contributed by atoms with Gasteiger partial charge < -0.3 is 20.3 Å². The number of nitrogens with one attached hydrogen (secondary N) is 2. The SMILES string of the molecule is C#CC[C@@H]1C[C@H](C(=O)N[C@@H](c2ccc(C(F)(F)F)cc2F)C2COC2)N(C(=O)c2ccccc2NCC)C1. The first kappa shape index (κ1) is 27.5. The third kappa shape index (κ3) is 5.78. The van der Waals surface area contributed by atoms with Gasteiger partial charge in [0.25, 0.3) is 5.91 Å². The third-order valence-electron chi connectivity index (χ3n) is 6.98. The van der Waals surface area contributed by atoms with E-state index in [1.165, 1.54) is 4.90 Å². The Bertz CT molecular complexity index is 1220. The van der Waals surface area contributed by atoms with Crippen LogP contribution >= 0.6 is 0 Å². The predicted molar refractivity (Wildman–Crippen MR) is 134 cm³/mol. The number of nitrogens with zero attached hydrogens (tertiary/aromatic N) is 1. The summed E-state index contributed by atoms with van der Waals surface area (Å²) in [6, 6.07) is 7.46. The number of rotatable bonds is 8. The standard InChI is InChI=1S/C28H29F4N3O3/c1-3-7-17-12-24(35(14-17)27(37)21-8-5-6-9-23(21)33-4-2)26(36)34-25(18-15-38-16-18)20-11-10-19(13-22(20)29)28(30,31)32/h1,5-6,8-11,13,17-18,24-25,33H,4,7,12,14-16H2,2H3,(H,34,36)/t17-,24-,25-/m1/s1. The van der Waals surface area contributed by atoms with Crippen molar-refractivity contribution in [2.75, 3.05) is 31.6 Å². The van der Waals surface area contributed by atoms with Crippen LogP contribution < -0.4 is 10.6 Å². The van der Waals surface area contributed by atoms with Gasteiger partial charge in [0.05, 0.1) is 30.4 Å². The van der Waals surface area contributed by atoms with Gasteiger partial charge in [0.1, 0.15) is 11.9 Å². The maximum Gasteiger partial charge on any atom is 0.416 e. The van der Waals surface area contributed by atoms with Crippen LogP contribution in [0.5, 0.6) is 0 Å². The highest BCUT2D eigenvalue weighted by Gasteiger charge is 2.42. The molecule has 2 aromatic rings. The molecule has 2 amide bonds. The van der Waals surface area contributed by atoms with Crippen LogP contribution in [0.4, 0.5) is 23.2 Å². The molecule has 4 rings (SSSR count). The van der Waals surface area contributed by atoms with Gasteiger partial charge in [-0.15, -0.1) is 12.3 Å². The minimum Gasteiger partial charge on any atom is -0.385 e. The quantitative estimate of drug-likeness (QED) is 0.385. The molecule has 3 atom stereocenters. The number of hydrogen-bond donors (Lipinski definition) is 2. The second kappa shape index (κ2) is 11.4. The van der Waals surface area contributed by atoms with Crippen LogP contribution in [0.1, 0.15) is 47.3 Å². The van der Waals surface area contributed by atoms with E-state index in [1.54, 1.807) is 24.3 Å². The molecule has 6 nitrogen and oxygen atoms in total. The van der Waals surface area contributed by atoms with Crippen LogP contribution in [0, 0.1) is 30.0 Å². The fraction of sp³-hybridized carbons (Fsp3) is 0.429. The number of benzene rings is 2. The Kier molecular flexibility index (Phi) is 8.26. The summed E-state index contributed by atoms with van der Waals surface area (Å²) in [6.45, 7) is 3.20. The Labute approximate surface area is 218 Å². The highest BCUT2D eigenvalue weighted by molar-refractivity contribution is 6.02. The first-order valence-corrected chi connectivity index (χ1v) is 12.5. The Hall–Kier alpha value is -3.58. The summed E-state index contributed by atoms with van der Waals surface area (Å²) < 4.78 is 59.3. The van der Waals surface area contributed by atoms with Gasteiger partial charge in [0.2, 0.25) is 5.91 Å². The lowest BCUT2D eigenvalue weighted by Gasteiger charge is -2.36. The predicted octanol–water partition coefficient (Wildman–Crippen LogP) is 4.63. The summed E-state index contributed by atoms with van der Waals surface area (Å²) in [5.41, 5.74) is -0.131. The van der Waals surface area contributed by atoms with Gasteiger partial charge in [-0.1, -0.05) is 18.2 Å². The summed E-state index contributed by atoms with van der Waals surface area (Å²) in [6.07, 6.45) is 1.50. The van der Waals surface area contributed by atoms with Crippen molar-refractivity contribution in [2.45, 2.75) is 38.0 Å². The molecular weight excluding hydrogens is 502 g/mol. The maximum absolute atomic E-state index is 14.9. The fourth-order valence-corrected chi connectivity index (χ4v) is 4.98. The zero-order chi connectivity index (χ0) is 27.4. The Morgan fingerprint density at radius 3 is 2.55 bits per heavy atom. The number of likely N-dealkylation sites (tertiary alicyclic amines) is 1. The van der Waals surface area contributed by atoms with Crippen molar-refractivity contribution in [3.05, 3.63) is 65.0 Å². The largest absolute Gasteiger partial charge is 0.416 e. The normalized spacial score (nSPS) is 20.4. The summed E-state index contributed by atoms with van der Waals surface area (Å²) in [5.74, 6) is 0.220. The molecule has 2 N–H and O–H groups in total. The summed E-state index contributed by atoms with van der Waals surface area (Å²) >= 11 is 0. The molecule has 2 aliphatic rings. The Morgan fingerprint density at radius 2 is 1.95 bits per heavy atom. The van der Waals surface area contributed by atoms with Crippen LogP contribution in [-0.2, 0) is 15.7 Å². The van der Waals surface area contributed by atoms with Gasteiger partial charge in [-0.25, -0.2) is 4.39 Å². The summed E-state index contributed by atoms with van der Waals surface area (Å²) in [5, 5.41) is 5.96. The van der Waals surface area contributed by atoms with Crippen molar-refractivity contribution >= 4 is 17.5 Å². The number of halogens is 4. The molecule has 0 bridgehead atoms. The summed E-state index contributed by atoms with van der Waals surface area (Å²) in [7, 11) is 0. The fourth-order valence-electron chi connectivity index (χ4n) is 4.98. The van der Waals surface area contributed by atoms with E-state index in [0.29, 0.717) is 36.7 Å². The number of para-hydroxylation sites is 1. The Morgan fingerprint density at radius 1 is 1.21 bits per heavy atom. The van der Waals surface area contributed by atoms with Crippen molar-refractivity contribution in [1.29, 1.82) is 0 Å². The van der Waals surface area contributed by atoms with Gasteiger partial charge in [-0.05, 0) is 43.5 Å². The maximum atomic E-state index is 14.9. The number of terminal acetylenes is 1. The average molecular weight is 532 g/mol. The first-order valence-electron chi connectivity index (χ1n) is 12.5. The van der Waals surface area contributed by atoms with Gasteiger partial charge in [0, 0.05) is 36.7 Å². The number of carbonyl (C=O) groups excluding carboxylic acids is 2. The molecule has 0 unspecified atom stereocenters. The van der Waals surface area contributed by atoms with Crippen LogP contribution in [0.25, 0.3) is 0 Å². The van der Waals surface area contributed by atoms with E-state index in [1.807, 2.05) is 6.92 Å². The zero-order valence-electron chi connectivity index (χ0n) is 20.9. The van der Waals surface area contributed by atoms with Gasteiger partial charge in [-0.2, -0.15) is 13.2 Å². The molecule has 0 spiro atoms. The molecule has 2 aliphatic heterocycles. The van der Waals surface area contributed by atoms with Crippen LogP contribution in [0.2, 0.25) is 0 Å². The number of alkyl halides is 3. The van der Waals surface area contributed by atoms with E-state index in [-0.39, 0.29) is 43.1 Å². The molecule has 0 aliphatic carbocycles. The second-order valence-electron chi connectivity index (χ2n) is 9.58. The average Bonchev–Trinajstić information content (AvgIpc) is 3.26. The Balaban J connectivity index is 1.61. The van der Waals surface area contributed by atoms with Crippen molar-refractivity contribution in [3.8, 4) is 12.3 Å². The van der Waals surface area contributed by atoms with Crippen molar-refractivity contribution < 1.29 is 31.9 Å². The number of hydrogen-bond acceptors (Lipinski definition) is 4. The highest BCUT2D eigenvalue weighted by Crippen LogP contribution is 2.36. The topological polar surface area (TPSA) is 70.7 Å². The van der Waals surface area contributed by atoms with Crippen LogP contribution in [-0.4, -0.2) is 49.1 Å². The van der Waals surface area contributed by atoms with Crippen molar-refractivity contribution in [2.24, 2.45) is 11.8 Å². The number of carbonyl (C=O) groups is 2. The highest BCUT2D eigenvalue weighted by atomic mass is 19.4. The van der Waals surface area contributed by atoms with E-state index < -0.39 is 35.5 Å². The minimum absolute atomic E-state index is 0.0619. The molecule has 38 heavy (non-hydrogen) atoms. The molecule has 2 heterocycles. The smallest absolute Gasteiger partial charge is 0.385 e. The minimum atomic E-state index is -4.70. The van der Waals surface area contributed by atoms with Gasteiger partial charge >= 0.3 is 6.18 Å². The van der Waals surface area contributed by atoms with Gasteiger partial charge in [-0.3, -0.25) is 9.59 Å². The van der Waals surface area contributed by atoms with E-state index in [0.717, 1.165) is 12.1 Å². The lowest BCUT2D eigenvalue weighted by Crippen LogP contribution is -2.50. The van der Waals surface area contributed by atoms with Crippen molar-refractivity contribution in [3.63, 3.8) is 0 Å². The molecule has 2 aromatic carbocycles. The van der Waals surface area contributed by atoms with E-state index in [2.05, 4.69) is 16.6 Å². The molecule has 2 fully saturated rings. The monoisotopic (exact) mass is 531 g/mol. The molecule has 2 saturated heterocycles. The molecular formula is C28H29F4N3O3. The van der Waals surface area contributed by atoms with E-state index >= 15 is 0 Å². The lowest BCUT2D eigenvalue weighted by molar-refractivity contribution is -0.138. The molecule has 10 heteroatoms. The first-order chi connectivity index (χ1) is 18.1. The molecule has 202 valence electrons. The number of ether oxygens (including phenoxy) is 1. The molecule has 0 saturated carbocycles. The van der Waals surface area contributed by atoms with Crippen LogP contribution in [0.15, 0.2) is 42.5 Å².